The fourth-order valence-corrected chi connectivity index (χ4v) is 2.92. The first kappa shape index (κ1) is 16.3. The predicted octanol–water partition coefficient (Wildman–Crippen LogP) is 2.25. The van der Waals surface area contributed by atoms with Crippen LogP contribution < -0.4 is 4.90 Å². The van der Waals surface area contributed by atoms with Crippen LogP contribution in [0.1, 0.15) is 23.4 Å². The number of hydrogen-bond acceptors (Lipinski definition) is 7. The van der Waals surface area contributed by atoms with E-state index >= 15 is 0 Å². The van der Waals surface area contributed by atoms with Gasteiger partial charge in [0, 0.05) is 44.4 Å². The SMILES string of the molecule is CCc1nc(-c2ccc(N3CCN(C(=O)c4ccco4)CC3)nc2)no1. The molecule has 1 fully saturated rings. The molecule has 0 bridgehead atoms. The summed E-state index contributed by atoms with van der Waals surface area (Å²) in [4.78, 5) is 25.1. The largest absolute Gasteiger partial charge is 0.459 e. The van der Waals surface area contributed by atoms with Gasteiger partial charge in [-0.3, -0.25) is 4.79 Å². The third kappa shape index (κ3) is 3.17. The van der Waals surface area contributed by atoms with Gasteiger partial charge < -0.3 is 18.7 Å². The summed E-state index contributed by atoms with van der Waals surface area (Å²) in [6.07, 6.45) is 3.97. The first-order valence-corrected chi connectivity index (χ1v) is 8.61. The van der Waals surface area contributed by atoms with E-state index in [4.69, 9.17) is 8.94 Å². The van der Waals surface area contributed by atoms with E-state index in [0.717, 1.165) is 24.5 Å². The van der Waals surface area contributed by atoms with Gasteiger partial charge in [0.1, 0.15) is 5.82 Å². The number of piperazine rings is 1. The highest BCUT2D eigenvalue weighted by Gasteiger charge is 2.24. The molecule has 0 saturated carbocycles. The predicted molar refractivity (Wildman–Crippen MR) is 93.7 cm³/mol. The molecule has 134 valence electrons. The number of aryl methyl sites for hydroxylation is 1. The zero-order valence-electron chi connectivity index (χ0n) is 14.5. The lowest BCUT2D eigenvalue weighted by Gasteiger charge is -2.35. The highest BCUT2D eigenvalue weighted by atomic mass is 16.5. The van der Waals surface area contributed by atoms with Crippen LogP contribution in [0.5, 0.6) is 0 Å². The molecule has 0 spiro atoms. The minimum atomic E-state index is -0.0678. The minimum Gasteiger partial charge on any atom is -0.459 e. The second-order valence-electron chi connectivity index (χ2n) is 6.03. The van der Waals surface area contributed by atoms with Crippen LogP contribution in [0.4, 0.5) is 5.82 Å². The van der Waals surface area contributed by atoms with Crippen molar-refractivity contribution in [1.82, 2.24) is 20.0 Å². The van der Waals surface area contributed by atoms with Gasteiger partial charge in [0.25, 0.3) is 5.91 Å². The number of aromatic nitrogens is 3. The van der Waals surface area contributed by atoms with E-state index in [0.29, 0.717) is 37.0 Å². The summed E-state index contributed by atoms with van der Waals surface area (Å²) in [5.74, 6) is 2.35. The molecule has 0 aliphatic carbocycles. The molecular formula is C18H19N5O3. The van der Waals surface area contributed by atoms with Crippen molar-refractivity contribution in [3.63, 3.8) is 0 Å². The van der Waals surface area contributed by atoms with Crippen LogP contribution in [0.2, 0.25) is 0 Å². The summed E-state index contributed by atoms with van der Waals surface area (Å²) in [5, 5.41) is 3.96. The van der Waals surface area contributed by atoms with Crippen LogP contribution in [-0.2, 0) is 6.42 Å². The highest BCUT2D eigenvalue weighted by molar-refractivity contribution is 5.91. The monoisotopic (exact) mass is 353 g/mol. The lowest BCUT2D eigenvalue weighted by molar-refractivity contribution is 0.0714. The average Bonchev–Trinajstić information content (AvgIpc) is 3.40. The Morgan fingerprint density at radius 1 is 1.19 bits per heavy atom. The second-order valence-corrected chi connectivity index (χ2v) is 6.03. The van der Waals surface area contributed by atoms with Crippen molar-refractivity contribution in [1.29, 1.82) is 0 Å². The van der Waals surface area contributed by atoms with Crippen molar-refractivity contribution in [2.45, 2.75) is 13.3 Å². The lowest BCUT2D eigenvalue weighted by atomic mass is 10.2. The van der Waals surface area contributed by atoms with E-state index < -0.39 is 0 Å². The van der Waals surface area contributed by atoms with Crippen LogP contribution >= 0.6 is 0 Å². The molecular weight excluding hydrogens is 334 g/mol. The molecule has 0 aromatic carbocycles. The fraction of sp³-hybridized carbons (Fsp3) is 0.333. The number of rotatable bonds is 4. The Bertz CT molecular complexity index is 865. The topological polar surface area (TPSA) is 88.5 Å². The fourth-order valence-electron chi connectivity index (χ4n) is 2.92. The van der Waals surface area contributed by atoms with Crippen LogP contribution in [0.25, 0.3) is 11.4 Å². The van der Waals surface area contributed by atoms with Gasteiger partial charge in [0.05, 0.1) is 6.26 Å². The molecule has 0 radical (unpaired) electrons. The summed E-state index contributed by atoms with van der Waals surface area (Å²) in [7, 11) is 0. The molecule has 0 N–H and O–H groups in total. The molecule has 1 saturated heterocycles. The zero-order chi connectivity index (χ0) is 17.9. The highest BCUT2D eigenvalue weighted by Crippen LogP contribution is 2.20. The maximum Gasteiger partial charge on any atom is 0.289 e. The van der Waals surface area contributed by atoms with Crippen LogP contribution in [0.15, 0.2) is 45.7 Å². The quantitative estimate of drug-likeness (QED) is 0.711. The summed E-state index contributed by atoms with van der Waals surface area (Å²) in [6, 6.07) is 7.30. The van der Waals surface area contributed by atoms with Crippen LogP contribution in [-0.4, -0.2) is 52.1 Å². The molecule has 8 heteroatoms. The summed E-state index contributed by atoms with van der Waals surface area (Å²) in [6.45, 7) is 4.68. The zero-order valence-corrected chi connectivity index (χ0v) is 14.5. The van der Waals surface area contributed by atoms with E-state index in [9.17, 15) is 4.79 Å². The molecule has 8 nitrogen and oxygen atoms in total. The van der Waals surface area contributed by atoms with Crippen molar-refractivity contribution in [3.8, 4) is 11.4 Å². The third-order valence-electron chi connectivity index (χ3n) is 4.40. The van der Waals surface area contributed by atoms with Crippen molar-refractivity contribution in [3.05, 3.63) is 48.4 Å². The molecule has 0 atom stereocenters. The van der Waals surface area contributed by atoms with Crippen LogP contribution in [0.3, 0.4) is 0 Å². The van der Waals surface area contributed by atoms with Gasteiger partial charge in [-0.15, -0.1) is 0 Å². The smallest absolute Gasteiger partial charge is 0.289 e. The first-order chi connectivity index (χ1) is 12.7. The molecule has 3 aromatic heterocycles. The summed E-state index contributed by atoms with van der Waals surface area (Å²) >= 11 is 0. The Labute approximate surface area is 150 Å². The summed E-state index contributed by atoms with van der Waals surface area (Å²) in [5.41, 5.74) is 0.823. The minimum absolute atomic E-state index is 0.0678. The van der Waals surface area contributed by atoms with Crippen LogP contribution in [0, 0.1) is 0 Å². The van der Waals surface area contributed by atoms with Gasteiger partial charge in [-0.2, -0.15) is 4.98 Å². The van der Waals surface area contributed by atoms with Gasteiger partial charge in [-0.1, -0.05) is 12.1 Å². The van der Waals surface area contributed by atoms with Gasteiger partial charge in [-0.25, -0.2) is 4.98 Å². The third-order valence-corrected chi connectivity index (χ3v) is 4.40. The molecule has 4 rings (SSSR count). The van der Waals surface area contributed by atoms with Crippen molar-refractivity contribution in [2.75, 3.05) is 31.1 Å². The maximum atomic E-state index is 12.3. The standard InChI is InChI=1S/C18H19N5O3/c1-2-16-20-17(21-26-16)13-5-6-15(19-12-13)22-7-9-23(10-8-22)18(24)14-4-3-11-25-14/h3-6,11-12H,2,7-10H2,1H3. The maximum absolute atomic E-state index is 12.3. The Hall–Kier alpha value is -3.16. The number of hydrogen-bond donors (Lipinski definition) is 0. The Morgan fingerprint density at radius 2 is 2.04 bits per heavy atom. The number of furan rings is 1. The Kier molecular flexibility index (Phi) is 4.39. The van der Waals surface area contributed by atoms with Crippen molar-refractivity contribution >= 4 is 11.7 Å². The van der Waals surface area contributed by atoms with Gasteiger partial charge in [0.15, 0.2) is 5.76 Å². The molecule has 4 heterocycles. The van der Waals surface area contributed by atoms with Crippen molar-refractivity contribution < 1.29 is 13.7 Å². The van der Waals surface area contributed by atoms with E-state index in [1.165, 1.54) is 6.26 Å². The Morgan fingerprint density at radius 3 is 2.65 bits per heavy atom. The molecule has 26 heavy (non-hydrogen) atoms. The molecule has 0 unspecified atom stereocenters. The van der Waals surface area contributed by atoms with E-state index in [1.807, 2.05) is 19.1 Å². The average molecular weight is 353 g/mol. The lowest BCUT2D eigenvalue weighted by Crippen LogP contribution is -2.49. The molecule has 3 aromatic rings. The van der Waals surface area contributed by atoms with Crippen molar-refractivity contribution in [2.24, 2.45) is 0 Å². The number of carbonyl (C=O) groups excluding carboxylic acids is 1. The van der Waals surface area contributed by atoms with E-state index in [1.54, 1.807) is 23.2 Å². The van der Waals surface area contributed by atoms with E-state index in [-0.39, 0.29) is 5.91 Å². The Balaban J connectivity index is 1.39. The first-order valence-electron chi connectivity index (χ1n) is 8.61. The summed E-state index contributed by atoms with van der Waals surface area (Å²) < 4.78 is 10.3. The van der Waals surface area contributed by atoms with Gasteiger partial charge in [-0.05, 0) is 24.3 Å². The van der Waals surface area contributed by atoms with E-state index in [2.05, 4.69) is 20.0 Å². The number of nitrogens with zero attached hydrogens (tertiary/aromatic N) is 5. The second kappa shape index (κ2) is 6.99. The molecule has 1 aliphatic heterocycles. The number of pyridine rings is 1. The molecule has 1 aliphatic rings. The normalized spacial score (nSPS) is 14.7. The van der Waals surface area contributed by atoms with Gasteiger partial charge in [0.2, 0.25) is 11.7 Å². The number of amides is 1. The molecule has 1 amide bonds. The van der Waals surface area contributed by atoms with Gasteiger partial charge >= 0.3 is 0 Å². The number of anilines is 1. The number of carbonyl (C=O) groups is 1.